The van der Waals surface area contributed by atoms with E-state index < -0.39 is 0 Å². The van der Waals surface area contributed by atoms with E-state index in [1.807, 2.05) is 27.7 Å². The molecule has 79 valence electrons. The monoisotopic (exact) mass is 205 g/mol. The van der Waals surface area contributed by atoms with Crippen LogP contribution in [0.1, 0.15) is 27.7 Å². The van der Waals surface area contributed by atoms with Gasteiger partial charge in [0.1, 0.15) is 0 Å². The van der Waals surface area contributed by atoms with Gasteiger partial charge in [0.15, 0.2) is 6.33 Å². The Labute approximate surface area is 90.2 Å². The Morgan fingerprint density at radius 3 is 2.00 bits per heavy atom. The Morgan fingerprint density at radius 1 is 1.07 bits per heavy atom. The van der Waals surface area contributed by atoms with Crippen LogP contribution in [0.4, 0.5) is 0 Å². The van der Waals surface area contributed by atoms with Crippen molar-refractivity contribution in [1.29, 1.82) is 0 Å². The van der Waals surface area contributed by atoms with Gasteiger partial charge in [0.2, 0.25) is 0 Å². The summed E-state index contributed by atoms with van der Waals surface area (Å²) < 4.78 is 11.7. The van der Waals surface area contributed by atoms with Crippen LogP contribution in [0.3, 0.4) is 0 Å². The summed E-state index contributed by atoms with van der Waals surface area (Å²) in [6.07, 6.45) is 5.81. The fourth-order valence-electron chi connectivity index (χ4n) is 1.37. The number of hydrogen-bond donors (Lipinski definition) is 0. The molecule has 0 amide bonds. The lowest BCUT2D eigenvalue weighted by atomic mass is 9.81. The molecule has 0 atom stereocenters. The minimum atomic E-state index is -0.385. The van der Waals surface area contributed by atoms with Gasteiger partial charge in [-0.15, -0.1) is 0 Å². The summed E-state index contributed by atoms with van der Waals surface area (Å²) >= 11 is 0. The van der Waals surface area contributed by atoms with Gasteiger partial charge in [0.05, 0.1) is 11.2 Å². The summed E-state index contributed by atoms with van der Waals surface area (Å²) in [5, 5.41) is 0. The molecule has 0 spiro atoms. The molecule has 1 radical (unpaired) electrons. The van der Waals surface area contributed by atoms with E-state index in [9.17, 15) is 0 Å². The Hall–Kier alpha value is -0.935. The maximum Gasteiger partial charge on any atom is 0.498 e. The molecule has 2 heterocycles. The Balaban J connectivity index is 2.24. The average molecular weight is 205 g/mol. The van der Waals surface area contributed by atoms with Crippen molar-refractivity contribution >= 4 is 12.6 Å². The van der Waals surface area contributed by atoms with Crippen LogP contribution in [0.25, 0.3) is 0 Å². The van der Waals surface area contributed by atoms with Crippen molar-refractivity contribution in [2.75, 3.05) is 0 Å². The molecule has 2 rings (SSSR count). The molecule has 1 fully saturated rings. The molecule has 0 aromatic carbocycles. The molecular formula is C10H14BN2O2. The van der Waals surface area contributed by atoms with E-state index in [0.29, 0.717) is 0 Å². The maximum absolute atomic E-state index is 5.83. The zero-order valence-electron chi connectivity index (χ0n) is 9.44. The molecule has 0 saturated carbocycles. The minimum absolute atomic E-state index is 0.322. The van der Waals surface area contributed by atoms with Crippen LogP contribution in [-0.4, -0.2) is 28.3 Å². The molecule has 1 aliphatic rings. The second-order valence-electron chi connectivity index (χ2n) is 4.70. The molecular weight excluding hydrogens is 191 g/mol. The van der Waals surface area contributed by atoms with Gasteiger partial charge in [0, 0.05) is 17.9 Å². The first-order chi connectivity index (χ1) is 6.92. The fraction of sp³-hybridized carbons (Fsp3) is 0.600. The van der Waals surface area contributed by atoms with E-state index in [1.165, 1.54) is 0 Å². The summed E-state index contributed by atoms with van der Waals surface area (Å²) in [4.78, 5) is 7.66. The van der Waals surface area contributed by atoms with E-state index in [2.05, 4.69) is 16.3 Å². The van der Waals surface area contributed by atoms with Gasteiger partial charge >= 0.3 is 7.12 Å². The largest absolute Gasteiger partial charge is 0.498 e. The lowest BCUT2D eigenvalue weighted by Gasteiger charge is -2.32. The summed E-state index contributed by atoms with van der Waals surface area (Å²) in [5.74, 6) is 0. The highest BCUT2D eigenvalue weighted by atomic mass is 16.7. The predicted octanol–water partition coefficient (Wildman–Crippen LogP) is 0.576. The highest BCUT2D eigenvalue weighted by Crippen LogP contribution is 2.36. The highest BCUT2D eigenvalue weighted by Gasteiger charge is 2.51. The third-order valence-electron chi connectivity index (χ3n) is 3.07. The smallest absolute Gasteiger partial charge is 0.399 e. The van der Waals surface area contributed by atoms with Gasteiger partial charge < -0.3 is 9.31 Å². The molecule has 4 nitrogen and oxygen atoms in total. The van der Waals surface area contributed by atoms with Gasteiger partial charge in [-0.05, 0) is 27.7 Å². The standard InChI is InChI=1S/C10H14BN2O2/c1-9(2)10(3,4)15-11(14-9)8-5-12-7-13-6-8/h5-6H,1-4H3. The first-order valence-corrected chi connectivity index (χ1v) is 4.96. The van der Waals surface area contributed by atoms with Crippen molar-refractivity contribution < 1.29 is 9.31 Å². The Kier molecular flexibility index (Phi) is 2.32. The van der Waals surface area contributed by atoms with Crippen molar-refractivity contribution in [3.63, 3.8) is 0 Å². The number of aromatic nitrogens is 2. The Morgan fingerprint density at radius 2 is 1.53 bits per heavy atom. The molecule has 0 bridgehead atoms. The van der Waals surface area contributed by atoms with Crippen LogP contribution in [0.15, 0.2) is 12.4 Å². The van der Waals surface area contributed by atoms with E-state index in [1.54, 1.807) is 12.4 Å². The first kappa shape index (κ1) is 10.6. The second kappa shape index (κ2) is 3.28. The van der Waals surface area contributed by atoms with Gasteiger partial charge in [-0.25, -0.2) is 9.97 Å². The van der Waals surface area contributed by atoms with Crippen LogP contribution in [0.5, 0.6) is 0 Å². The molecule has 1 aliphatic heterocycles. The SMILES string of the molecule is CC1(C)OB(c2cn[c]nc2)OC1(C)C. The van der Waals surface area contributed by atoms with Crippen LogP contribution in [-0.2, 0) is 9.31 Å². The summed E-state index contributed by atoms with van der Waals surface area (Å²) in [7, 11) is -0.385. The van der Waals surface area contributed by atoms with Crippen LogP contribution >= 0.6 is 0 Å². The molecule has 5 heteroatoms. The maximum atomic E-state index is 5.83. The van der Waals surface area contributed by atoms with Gasteiger partial charge in [-0.3, -0.25) is 0 Å². The third-order valence-corrected chi connectivity index (χ3v) is 3.07. The van der Waals surface area contributed by atoms with E-state index >= 15 is 0 Å². The van der Waals surface area contributed by atoms with Crippen LogP contribution < -0.4 is 5.46 Å². The number of nitrogens with zero attached hydrogens (tertiary/aromatic N) is 2. The zero-order valence-corrected chi connectivity index (χ0v) is 9.44. The molecule has 1 aromatic heterocycles. The van der Waals surface area contributed by atoms with Crippen LogP contribution in [0.2, 0.25) is 0 Å². The summed E-state index contributed by atoms with van der Waals surface area (Å²) in [5.41, 5.74) is 0.182. The van der Waals surface area contributed by atoms with Crippen molar-refractivity contribution in [2.24, 2.45) is 0 Å². The molecule has 1 saturated heterocycles. The van der Waals surface area contributed by atoms with Gasteiger partial charge in [-0.2, -0.15) is 0 Å². The quantitative estimate of drug-likeness (QED) is 0.629. The predicted molar refractivity (Wildman–Crippen MR) is 56.6 cm³/mol. The van der Waals surface area contributed by atoms with Gasteiger partial charge in [-0.1, -0.05) is 0 Å². The fourth-order valence-corrected chi connectivity index (χ4v) is 1.37. The molecule has 0 aliphatic carbocycles. The molecule has 0 unspecified atom stereocenters. The lowest BCUT2D eigenvalue weighted by molar-refractivity contribution is 0.00578. The Bertz CT molecular complexity index is 338. The minimum Gasteiger partial charge on any atom is -0.399 e. The van der Waals surface area contributed by atoms with Crippen molar-refractivity contribution in [1.82, 2.24) is 9.97 Å². The average Bonchev–Trinajstić information content (AvgIpc) is 2.38. The van der Waals surface area contributed by atoms with E-state index in [4.69, 9.17) is 9.31 Å². The highest BCUT2D eigenvalue weighted by molar-refractivity contribution is 6.61. The van der Waals surface area contributed by atoms with E-state index in [-0.39, 0.29) is 18.3 Å². The van der Waals surface area contributed by atoms with Gasteiger partial charge in [0.25, 0.3) is 0 Å². The third kappa shape index (κ3) is 1.77. The summed E-state index contributed by atoms with van der Waals surface area (Å²) in [6, 6.07) is 0. The molecule has 1 aromatic rings. The van der Waals surface area contributed by atoms with Crippen molar-refractivity contribution in [2.45, 2.75) is 38.9 Å². The van der Waals surface area contributed by atoms with Crippen molar-refractivity contribution in [3.8, 4) is 0 Å². The number of hydrogen-bond acceptors (Lipinski definition) is 4. The van der Waals surface area contributed by atoms with E-state index in [0.717, 1.165) is 5.46 Å². The number of rotatable bonds is 1. The normalized spacial score (nSPS) is 23.1. The summed E-state index contributed by atoms with van der Waals surface area (Å²) in [6.45, 7) is 8.07. The first-order valence-electron chi connectivity index (χ1n) is 4.96. The van der Waals surface area contributed by atoms with Crippen molar-refractivity contribution in [3.05, 3.63) is 18.7 Å². The zero-order chi connectivity index (χ0) is 11.1. The second-order valence-corrected chi connectivity index (χ2v) is 4.70. The molecule has 15 heavy (non-hydrogen) atoms. The molecule has 0 N–H and O–H groups in total. The van der Waals surface area contributed by atoms with Crippen LogP contribution in [0, 0.1) is 6.33 Å². The topological polar surface area (TPSA) is 44.2 Å². The lowest BCUT2D eigenvalue weighted by Crippen LogP contribution is -2.41.